The molecule has 156 valence electrons. The minimum atomic E-state index is -0.614. The first-order valence-electron chi connectivity index (χ1n) is 9.63. The highest BCUT2D eigenvalue weighted by molar-refractivity contribution is 5.89. The first-order chi connectivity index (χ1) is 13.7. The van der Waals surface area contributed by atoms with Crippen LogP contribution in [-0.2, 0) is 22.7 Å². The molecule has 0 saturated heterocycles. The standard InChI is InChI=1S/C23H30N2O4/c1-16(25-22(27)23(2,3)4)21(26)24-14-18-11-12-19(20(13-18)28-5)29-15-17-9-7-6-8-10-17/h6-13,16H,14-15H2,1-5H3,(H,24,26)(H,25,27)/t16-/m0/s1. The first kappa shape index (κ1) is 22.3. The maximum Gasteiger partial charge on any atom is 0.242 e. The zero-order valence-electron chi connectivity index (χ0n) is 17.7. The fourth-order valence-electron chi connectivity index (χ4n) is 2.50. The minimum absolute atomic E-state index is 0.165. The average Bonchev–Trinajstić information content (AvgIpc) is 2.70. The second kappa shape index (κ2) is 9.96. The smallest absolute Gasteiger partial charge is 0.242 e. The molecule has 0 saturated carbocycles. The fraction of sp³-hybridized carbons (Fsp3) is 0.391. The summed E-state index contributed by atoms with van der Waals surface area (Å²) in [5.41, 5.74) is 1.39. The highest BCUT2D eigenvalue weighted by Crippen LogP contribution is 2.28. The molecule has 2 amide bonds. The Balaban J connectivity index is 1.92. The molecule has 0 spiro atoms. The first-order valence-corrected chi connectivity index (χ1v) is 9.63. The third kappa shape index (κ3) is 6.82. The van der Waals surface area contributed by atoms with Gasteiger partial charge in [-0.05, 0) is 30.2 Å². The van der Waals surface area contributed by atoms with Crippen LogP contribution < -0.4 is 20.1 Å². The Labute approximate surface area is 172 Å². The van der Waals surface area contributed by atoms with Gasteiger partial charge in [-0.2, -0.15) is 0 Å². The number of rotatable bonds is 8. The number of nitrogens with one attached hydrogen (secondary N) is 2. The molecule has 0 aliphatic carbocycles. The lowest BCUT2D eigenvalue weighted by molar-refractivity contribution is -0.133. The van der Waals surface area contributed by atoms with Crippen LogP contribution in [0.2, 0.25) is 0 Å². The number of amides is 2. The second-order valence-corrected chi connectivity index (χ2v) is 7.92. The number of benzene rings is 2. The Bertz CT molecular complexity index is 829. The largest absolute Gasteiger partial charge is 0.493 e. The Hall–Kier alpha value is -3.02. The number of ether oxygens (including phenoxy) is 2. The van der Waals surface area contributed by atoms with Crippen LogP contribution >= 0.6 is 0 Å². The van der Waals surface area contributed by atoms with Crippen LogP contribution in [0, 0.1) is 5.41 Å². The lowest BCUT2D eigenvalue weighted by Crippen LogP contribution is -2.48. The summed E-state index contributed by atoms with van der Waals surface area (Å²) < 4.78 is 11.3. The third-order valence-corrected chi connectivity index (χ3v) is 4.35. The molecule has 2 N–H and O–H groups in total. The molecule has 0 radical (unpaired) electrons. The lowest BCUT2D eigenvalue weighted by Gasteiger charge is -2.21. The van der Waals surface area contributed by atoms with Crippen molar-refractivity contribution >= 4 is 11.8 Å². The number of carbonyl (C=O) groups is 2. The van der Waals surface area contributed by atoms with E-state index in [9.17, 15) is 9.59 Å². The molecule has 29 heavy (non-hydrogen) atoms. The lowest BCUT2D eigenvalue weighted by atomic mass is 9.95. The van der Waals surface area contributed by atoms with Crippen molar-refractivity contribution in [1.82, 2.24) is 10.6 Å². The molecule has 0 aliphatic rings. The summed E-state index contributed by atoms with van der Waals surface area (Å²) in [5.74, 6) is 0.826. The van der Waals surface area contributed by atoms with Crippen molar-refractivity contribution in [2.45, 2.75) is 46.9 Å². The molecular formula is C23H30N2O4. The van der Waals surface area contributed by atoms with Gasteiger partial charge in [0.25, 0.3) is 0 Å². The van der Waals surface area contributed by atoms with E-state index in [-0.39, 0.29) is 11.8 Å². The van der Waals surface area contributed by atoms with Gasteiger partial charge in [-0.25, -0.2) is 0 Å². The molecule has 0 unspecified atom stereocenters. The van der Waals surface area contributed by atoms with Crippen LogP contribution in [0.4, 0.5) is 0 Å². The van der Waals surface area contributed by atoms with Gasteiger partial charge in [-0.15, -0.1) is 0 Å². The maximum atomic E-state index is 12.3. The molecule has 2 rings (SSSR count). The number of hydrogen-bond donors (Lipinski definition) is 2. The summed E-state index contributed by atoms with van der Waals surface area (Å²) in [4.78, 5) is 24.3. The zero-order valence-corrected chi connectivity index (χ0v) is 17.7. The van der Waals surface area contributed by atoms with Gasteiger partial charge in [0, 0.05) is 12.0 Å². The summed E-state index contributed by atoms with van der Waals surface area (Å²) in [6, 6.07) is 14.8. The van der Waals surface area contributed by atoms with E-state index in [1.807, 2.05) is 48.5 Å². The van der Waals surface area contributed by atoms with Crippen molar-refractivity contribution < 1.29 is 19.1 Å². The highest BCUT2D eigenvalue weighted by Gasteiger charge is 2.24. The summed E-state index contributed by atoms with van der Waals surface area (Å²) in [5, 5.41) is 5.56. The molecule has 2 aromatic rings. The summed E-state index contributed by atoms with van der Waals surface area (Å²) in [7, 11) is 1.58. The Morgan fingerprint density at radius 1 is 1.00 bits per heavy atom. The topological polar surface area (TPSA) is 76.7 Å². The Kier molecular flexibility index (Phi) is 7.65. The van der Waals surface area contributed by atoms with E-state index in [0.29, 0.717) is 24.7 Å². The van der Waals surface area contributed by atoms with Crippen molar-refractivity contribution in [1.29, 1.82) is 0 Å². The van der Waals surface area contributed by atoms with Crippen molar-refractivity contribution in [2.24, 2.45) is 5.41 Å². The van der Waals surface area contributed by atoms with E-state index in [1.165, 1.54) is 0 Å². The zero-order chi connectivity index (χ0) is 21.4. The Morgan fingerprint density at radius 2 is 1.69 bits per heavy atom. The minimum Gasteiger partial charge on any atom is -0.493 e. The van der Waals surface area contributed by atoms with Gasteiger partial charge in [0.1, 0.15) is 12.6 Å². The number of hydrogen-bond acceptors (Lipinski definition) is 4. The van der Waals surface area contributed by atoms with Gasteiger partial charge in [-0.3, -0.25) is 9.59 Å². The molecule has 0 fully saturated rings. The molecule has 6 heteroatoms. The second-order valence-electron chi connectivity index (χ2n) is 7.92. The van der Waals surface area contributed by atoms with Crippen molar-refractivity contribution in [3.05, 3.63) is 59.7 Å². The van der Waals surface area contributed by atoms with Crippen LogP contribution in [0.25, 0.3) is 0 Å². The Morgan fingerprint density at radius 3 is 2.31 bits per heavy atom. The van der Waals surface area contributed by atoms with Gasteiger partial charge in [0.15, 0.2) is 11.5 Å². The quantitative estimate of drug-likeness (QED) is 0.714. The molecule has 0 bridgehead atoms. The normalized spacial score (nSPS) is 12.0. The monoisotopic (exact) mass is 398 g/mol. The molecule has 0 aliphatic heterocycles. The van der Waals surface area contributed by atoms with Gasteiger partial charge in [-0.1, -0.05) is 57.2 Å². The SMILES string of the molecule is COc1cc(CNC(=O)[C@H](C)NC(=O)C(C)(C)C)ccc1OCc1ccccc1. The average molecular weight is 399 g/mol. The van der Waals surface area contributed by atoms with Crippen molar-refractivity contribution in [3.63, 3.8) is 0 Å². The predicted molar refractivity (Wildman–Crippen MR) is 113 cm³/mol. The van der Waals surface area contributed by atoms with E-state index >= 15 is 0 Å². The van der Waals surface area contributed by atoms with E-state index < -0.39 is 11.5 Å². The molecule has 6 nitrogen and oxygen atoms in total. The third-order valence-electron chi connectivity index (χ3n) is 4.35. The van der Waals surface area contributed by atoms with Gasteiger partial charge >= 0.3 is 0 Å². The van der Waals surface area contributed by atoms with Crippen LogP contribution in [0.15, 0.2) is 48.5 Å². The summed E-state index contributed by atoms with van der Waals surface area (Å²) in [6.45, 7) is 7.85. The predicted octanol–water partition coefficient (Wildman–Crippen LogP) is 3.44. The summed E-state index contributed by atoms with van der Waals surface area (Å²) >= 11 is 0. The van der Waals surface area contributed by atoms with Gasteiger partial charge in [0.05, 0.1) is 7.11 Å². The van der Waals surface area contributed by atoms with Crippen LogP contribution in [0.1, 0.15) is 38.8 Å². The number of carbonyl (C=O) groups excluding carboxylic acids is 2. The van der Waals surface area contributed by atoms with E-state index in [4.69, 9.17) is 9.47 Å². The fourth-order valence-corrected chi connectivity index (χ4v) is 2.50. The van der Waals surface area contributed by atoms with Crippen LogP contribution in [0.3, 0.4) is 0 Å². The van der Waals surface area contributed by atoms with E-state index in [1.54, 1.807) is 34.8 Å². The van der Waals surface area contributed by atoms with E-state index in [0.717, 1.165) is 11.1 Å². The van der Waals surface area contributed by atoms with Crippen molar-refractivity contribution in [3.8, 4) is 11.5 Å². The van der Waals surface area contributed by atoms with Crippen LogP contribution in [-0.4, -0.2) is 25.0 Å². The molecular weight excluding hydrogens is 368 g/mol. The van der Waals surface area contributed by atoms with Gasteiger partial charge < -0.3 is 20.1 Å². The number of methoxy groups -OCH3 is 1. The van der Waals surface area contributed by atoms with Crippen LogP contribution in [0.5, 0.6) is 11.5 Å². The molecule has 2 aromatic carbocycles. The molecule has 0 heterocycles. The molecule has 0 aromatic heterocycles. The highest BCUT2D eigenvalue weighted by atomic mass is 16.5. The molecule has 1 atom stereocenters. The summed E-state index contributed by atoms with van der Waals surface area (Å²) in [6.07, 6.45) is 0. The van der Waals surface area contributed by atoms with E-state index in [2.05, 4.69) is 10.6 Å². The maximum absolute atomic E-state index is 12.3. The van der Waals surface area contributed by atoms with Gasteiger partial charge in [0.2, 0.25) is 11.8 Å². The van der Waals surface area contributed by atoms with Crippen molar-refractivity contribution in [2.75, 3.05) is 7.11 Å².